The molecule has 0 aliphatic heterocycles. The van der Waals surface area contributed by atoms with Crippen LogP contribution in [0.15, 0.2) is 90.0 Å². The summed E-state index contributed by atoms with van der Waals surface area (Å²) in [5, 5.41) is 2.31. The average Bonchev–Trinajstić information content (AvgIpc) is 3.77. The van der Waals surface area contributed by atoms with E-state index in [9.17, 15) is 8.42 Å². The summed E-state index contributed by atoms with van der Waals surface area (Å²) in [4.78, 5) is 4.70. The zero-order chi connectivity index (χ0) is 28.0. The van der Waals surface area contributed by atoms with Gasteiger partial charge in [0.1, 0.15) is 5.75 Å². The Bertz CT molecular complexity index is 1930. The molecule has 201 valence electrons. The number of aromatic nitrogens is 1. The number of pyridine rings is 1. The van der Waals surface area contributed by atoms with E-state index in [0.717, 1.165) is 44.5 Å². The number of anilines is 1. The van der Waals surface area contributed by atoms with E-state index in [4.69, 9.17) is 14.2 Å². The van der Waals surface area contributed by atoms with Gasteiger partial charge in [0.05, 0.1) is 43.3 Å². The van der Waals surface area contributed by atoms with E-state index in [2.05, 4.69) is 15.8 Å². The number of allylic oxidation sites excluding steroid dienone is 2. The van der Waals surface area contributed by atoms with Crippen LogP contribution in [-0.2, 0) is 10.0 Å². The molecule has 0 fully saturated rings. The minimum Gasteiger partial charge on any atom is -0.496 e. The van der Waals surface area contributed by atoms with Gasteiger partial charge in [-0.25, -0.2) is 8.42 Å². The van der Waals surface area contributed by atoms with E-state index in [1.54, 1.807) is 45.7 Å². The van der Waals surface area contributed by atoms with E-state index in [-0.39, 0.29) is 4.90 Å². The number of rotatable bonds is 8. The van der Waals surface area contributed by atoms with Gasteiger partial charge < -0.3 is 14.2 Å². The Morgan fingerprint density at radius 2 is 1.48 bits per heavy atom. The molecule has 0 atom stereocenters. The normalized spacial score (nSPS) is 13.2. The number of ether oxygens (including phenoxy) is 3. The van der Waals surface area contributed by atoms with Crippen LogP contribution in [0, 0.1) is 12.8 Å². The van der Waals surface area contributed by atoms with Crippen LogP contribution in [0.1, 0.15) is 16.7 Å². The summed E-state index contributed by atoms with van der Waals surface area (Å²) in [5.74, 6) is 2.99. The van der Waals surface area contributed by atoms with Crippen LogP contribution in [0.3, 0.4) is 0 Å². The van der Waals surface area contributed by atoms with Crippen LogP contribution in [0.2, 0.25) is 0 Å². The summed E-state index contributed by atoms with van der Waals surface area (Å²) in [6.07, 6.45) is 3.90. The van der Waals surface area contributed by atoms with Crippen molar-refractivity contribution in [3.63, 3.8) is 0 Å². The average molecular weight is 552 g/mol. The molecule has 6 rings (SSSR count). The highest BCUT2D eigenvalue weighted by molar-refractivity contribution is 7.93. The van der Waals surface area contributed by atoms with Crippen molar-refractivity contribution in [1.29, 1.82) is 0 Å². The van der Waals surface area contributed by atoms with Crippen molar-refractivity contribution in [2.24, 2.45) is 0 Å². The largest absolute Gasteiger partial charge is 0.496 e. The van der Waals surface area contributed by atoms with E-state index < -0.39 is 10.0 Å². The number of nitrogens with zero attached hydrogens (tertiary/aromatic N) is 1. The molecule has 0 spiro atoms. The minimum atomic E-state index is -3.85. The van der Waals surface area contributed by atoms with Gasteiger partial charge >= 0.3 is 0 Å². The van der Waals surface area contributed by atoms with Crippen LogP contribution >= 0.6 is 0 Å². The molecular formula is C32H27N2O5S. The molecule has 0 saturated carbocycles. The highest BCUT2D eigenvalue weighted by atomic mass is 32.2. The summed E-state index contributed by atoms with van der Waals surface area (Å²) in [7, 11) is 0.942. The lowest BCUT2D eigenvalue weighted by atomic mass is 9.99. The van der Waals surface area contributed by atoms with Gasteiger partial charge in [0, 0.05) is 28.4 Å². The molecule has 1 heterocycles. The third-order valence-electron chi connectivity index (χ3n) is 7.17. The van der Waals surface area contributed by atoms with Crippen molar-refractivity contribution in [3.8, 4) is 17.2 Å². The topological polar surface area (TPSA) is 86.8 Å². The summed E-state index contributed by atoms with van der Waals surface area (Å²) >= 11 is 0. The molecule has 1 aromatic heterocycles. The smallest absolute Gasteiger partial charge is 0.262 e. The highest BCUT2D eigenvalue weighted by Gasteiger charge is 2.31. The Hall–Kier alpha value is -4.56. The lowest BCUT2D eigenvalue weighted by molar-refractivity contribution is 0.356. The standard InChI is InChI=1S/C32H27N2O5S/c1-19-15-20(24-16-25(24)21-13-14-33-28-18-31(39-4)30(38-3)17-26(21)28)9-10-27(19)34-40(35,36)32-12-11-29(37-2)22-7-5-6-8-23(22)32/h5-18,34H,1-4H3. The number of benzene rings is 4. The molecule has 5 aromatic rings. The molecule has 1 N–H and O–H groups in total. The molecule has 1 aliphatic rings. The van der Waals surface area contributed by atoms with E-state index in [1.165, 1.54) is 0 Å². The Kier molecular flexibility index (Phi) is 6.35. The summed E-state index contributed by atoms with van der Waals surface area (Å²) in [5.41, 5.74) is 5.33. The number of hydrogen-bond acceptors (Lipinski definition) is 6. The summed E-state index contributed by atoms with van der Waals surface area (Å²) < 4.78 is 46.1. The first-order valence-corrected chi connectivity index (χ1v) is 14.1. The maximum atomic E-state index is 13.5. The fourth-order valence-corrected chi connectivity index (χ4v) is 6.42. The number of methoxy groups -OCH3 is 3. The van der Waals surface area contributed by atoms with Crippen LogP contribution < -0.4 is 18.9 Å². The molecule has 4 aromatic carbocycles. The molecule has 7 nitrogen and oxygen atoms in total. The maximum absolute atomic E-state index is 13.5. The van der Waals surface area contributed by atoms with Crippen molar-refractivity contribution in [2.75, 3.05) is 26.1 Å². The van der Waals surface area contributed by atoms with Crippen LogP contribution in [-0.4, -0.2) is 34.7 Å². The van der Waals surface area contributed by atoms with Crippen LogP contribution in [0.5, 0.6) is 17.2 Å². The molecule has 0 unspecified atom stereocenters. The monoisotopic (exact) mass is 551 g/mol. The number of sulfonamides is 1. The van der Waals surface area contributed by atoms with Gasteiger partial charge in [-0.15, -0.1) is 0 Å². The Morgan fingerprint density at radius 1 is 0.750 bits per heavy atom. The number of nitrogens with one attached hydrogen (secondary N) is 1. The molecular weight excluding hydrogens is 524 g/mol. The predicted molar refractivity (Wildman–Crippen MR) is 158 cm³/mol. The molecule has 0 amide bonds. The first-order chi connectivity index (χ1) is 19.3. The van der Waals surface area contributed by atoms with Gasteiger partial charge in [0.25, 0.3) is 10.0 Å². The third kappa shape index (κ3) is 4.40. The minimum absolute atomic E-state index is 0.199. The Morgan fingerprint density at radius 3 is 2.20 bits per heavy atom. The van der Waals surface area contributed by atoms with E-state index in [1.807, 2.05) is 61.5 Å². The second kappa shape index (κ2) is 9.88. The van der Waals surface area contributed by atoms with Gasteiger partial charge in [-0.05, 0) is 59.5 Å². The van der Waals surface area contributed by atoms with Gasteiger partial charge in [-0.1, -0.05) is 42.5 Å². The van der Waals surface area contributed by atoms with Gasteiger partial charge in [0.2, 0.25) is 0 Å². The van der Waals surface area contributed by atoms with Crippen molar-refractivity contribution in [2.45, 2.75) is 11.8 Å². The third-order valence-corrected chi connectivity index (χ3v) is 8.59. The van der Waals surface area contributed by atoms with Crippen molar-refractivity contribution < 1.29 is 22.6 Å². The van der Waals surface area contributed by atoms with E-state index in [0.29, 0.717) is 28.3 Å². The summed E-state index contributed by atoms with van der Waals surface area (Å²) in [6, 6.07) is 22.1. The predicted octanol–water partition coefficient (Wildman–Crippen LogP) is 6.54. The molecule has 1 radical (unpaired) electrons. The molecule has 0 saturated heterocycles. The van der Waals surface area contributed by atoms with E-state index >= 15 is 0 Å². The zero-order valence-corrected chi connectivity index (χ0v) is 23.3. The molecule has 0 bridgehead atoms. The first-order valence-electron chi connectivity index (χ1n) is 12.6. The van der Waals surface area contributed by atoms with Crippen molar-refractivity contribution in [3.05, 3.63) is 108 Å². The SMILES string of the molecule is COc1cc2nccc(C3=C[C]3c3ccc(NS(=O)(=O)c4ccc(OC)c5ccccc45)c(C)c3)c2cc1OC. The van der Waals surface area contributed by atoms with Gasteiger partial charge in [-0.3, -0.25) is 9.71 Å². The zero-order valence-electron chi connectivity index (χ0n) is 22.5. The lowest BCUT2D eigenvalue weighted by Gasteiger charge is -2.15. The fraction of sp³-hybridized carbons (Fsp3) is 0.125. The van der Waals surface area contributed by atoms with Crippen molar-refractivity contribution in [1.82, 2.24) is 4.98 Å². The number of aryl methyl sites for hydroxylation is 1. The number of hydrogen-bond donors (Lipinski definition) is 1. The Balaban J connectivity index is 1.27. The first kappa shape index (κ1) is 25.7. The fourth-order valence-electron chi connectivity index (χ4n) is 5.08. The van der Waals surface area contributed by atoms with Gasteiger partial charge in [0.15, 0.2) is 11.5 Å². The van der Waals surface area contributed by atoms with Gasteiger partial charge in [-0.2, -0.15) is 0 Å². The quantitative estimate of drug-likeness (QED) is 0.236. The second-order valence-electron chi connectivity index (χ2n) is 9.50. The highest BCUT2D eigenvalue weighted by Crippen LogP contribution is 2.48. The molecule has 8 heteroatoms. The maximum Gasteiger partial charge on any atom is 0.262 e. The van der Waals surface area contributed by atoms with Crippen LogP contribution in [0.25, 0.3) is 27.2 Å². The summed E-state index contributed by atoms with van der Waals surface area (Å²) in [6.45, 7) is 1.90. The lowest BCUT2D eigenvalue weighted by Crippen LogP contribution is -2.14. The number of fused-ring (bicyclic) bond motifs is 2. The molecule has 40 heavy (non-hydrogen) atoms. The van der Waals surface area contributed by atoms with Crippen LogP contribution in [0.4, 0.5) is 5.69 Å². The Labute approximate surface area is 233 Å². The molecule has 1 aliphatic carbocycles. The second-order valence-corrected chi connectivity index (χ2v) is 11.2. The van der Waals surface area contributed by atoms with Crippen molar-refractivity contribution >= 4 is 43.0 Å².